The molecule has 1 unspecified atom stereocenters. The van der Waals surface area contributed by atoms with Gasteiger partial charge in [-0.2, -0.15) is 4.98 Å². The zero-order valence-electron chi connectivity index (χ0n) is 22.1. The second kappa shape index (κ2) is 14.7. The molecule has 0 aliphatic carbocycles. The molecule has 0 aliphatic rings. The van der Waals surface area contributed by atoms with Gasteiger partial charge in [-0.15, -0.1) is 0 Å². The highest BCUT2D eigenvalue weighted by atomic mass is 35.5. The normalized spacial score (nSPS) is 11.7. The van der Waals surface area contributed by atoms with Gasteiger partial charge in [0.05, 0.1) is 29.1 Å². The number of Topliss-reactive ketones (excluding diaryl/α,β-unsaturated/α-hetero) is 1. The first-order valence-electron chi connectivity index (χ1n) is 13.1. The number of carbonyl (C=O) groups excluding carboxylic acids is 2. The van der Waals surface area contributed by atoms with Crippen LogP contribution in [0.15, 0.2) is 71.3 Å². The molecule has 214 valence electrons. The maximum absolute atomic E-state index is 13.2. The van der Waals surface area contributed by atoms with Gasteiger partial charge in [0, 0.05) is 12.0 Å². The third-order valence-corrected chi connectivity index (χ3v) is 7.02. The van der Waals surface area contributed by atoms with Gasteiger partial charge >= 0.3 is 0 Å². The second-order valence-corrected chi connectivity index (χ2v) is 10.2. The molecule has 0 bridgehead atoms. The highest BCUT2D eigenvalue weighted by molar-refractivity contribution is 6.42. The lowest BCUT2D eigenvalue weighted by Crippen LogP contribution is -2.41. The lowest BCUT2D eigenvalue weighted by molar-refractivity contribution is 0.0843. The molecule has 1 amide bonds. The molecule has 0 aliphatic heterocycles. The Hall–Kier alpha value is -3.79. The molecule has 0 fully saturated rings. The topological polar surface area (TPSA) is 120 Å². The largest absolute Gasteiger partial charge is 0.493 e. The van der Waals surface area contributed by atoms with E-state index in [0.717, 1.165) is 11.1 Å². The Morgan fingerprint density at radius 2 is 1.71 bits per heavy atom. The maximum atomic E-state index is 13.2. The molecule has 0 saturated carbocycles. The lowest BCUT2D eigenvalue weighted by Gasteiger charge is -2.16. The first kappa shape index (κ1) is 30.2. The van der Waals surface area contributed by atoms with Crippen LogP contribution in [0.25, 0.3) is 0 Å². The van der Waals surface area contributed by atoms with Crippen molar-refractivity contribution in [3.8, 4) is 5.75 Å². The fourth-order valence-electron chi connectivity index (χ4n) is 4.05. The molecule has 1 atom stereocenters. The van der Waals surface area contributed by atoms with Crippen molar-refractivity contribution in [2.45, 2.75) is 38.1 Å². The number of nitrogens with two attached hydrogens (primary N) is 1. The Kier molecular flexibility index (Phi) is 10.8. The molecular weight excluding hydrogens is 570 g/mol. The standard InChI is InChI=1S/C30H29Cl2FN4O4/c31-24-13-6-20(17-25(24)32)14-16-40-23-11-4-19(5-12-23)18-27-36-29(37-41-27)28(38)26(3-1-2-15-34)35-30(39)21-7-9-22(33)10-8-21/h4-13,17,26H,1-3,14-16,18,34H2,(H,35,39). The van der Waals surface area contributed by atoms with E-state index in [-0.39, 0.29) is 17.3 Å². The molecule has 11 heteroatoms. The first-order valence-corrected chi connectivity index (χ1v) is 13.9. The van der Waals surface area contributed by atoms with Crippen LogP contribution in [0.4, 0.5) is 4.39 Å². The summed E-state index contributed by atoms with van der Waals surface area (Å²) in [7, 11) is 0. The van der Waals surface area contributed by atoms with Gasteiger partial charge in [-0.1, -0.05) is 46.6 Å². The Morgan fingerprint density at radius 1 is 0.976 bits per heavy atom. The summed E-state index contributed by atoms with van der Waals surface area (Å²) in [6.07, 6.45) is 2.63. The molecule has 1 aromatic heterocycles. The van der Waals surface area contributed by atoms with Gasteiger partial charge < -0.3 is 20.3 Å². The summed E-state index contributed by atoms with van der Waals surface area (Å²) < 4.78 is 24.4. The molecule has 8 nitrogen and oxygen atoms in total. The van der Waals surface area contributed by atoms with Crippen LogP contribution in [0.1, 0.15) is 57.3 Å². The third kappa shape index (κ3) is 8.85. The number of nitrogens with one attached hydrogen (secondary N) is 1. The van der Waals surface area contributed by atoms with E-state index >= 15 is 0 Å². The van der Waals surface area contributed by atoms with Gasteiger partial charge in [-0.05, 0) is 85.5 Å². The van der Waals surface area contributed by atoms with Crippen molar-refractivity contribution in [2.75, 3.05) is 13.2 Å². The van der Waals surface area contributed by atoms with Crippen LogP contribution in [0.5, 0.6) is 5.75 Å². The summed E-state index contributed by atoms with van der Waals surface area (Å²) in [4.78, 5) is 30.1. The second-order valence-electron chi connectivity index (χ2n) is 9.36. The Bertz CT molecular complexity index is 1460. The molecule has 0 radical (unpaired) electrons. The van der Waals surface area contributed by atoms with Crippen LogP contribution in [0, 0.1) is 5.82 Å². The molecule has 41 heavy (non-hydrogen) atoms. The number of ketones is 1. The van der Waals surface area contributed by atoms with Gasteiger partial charge in [0.1, 0.15) is 11.6 Å². The van der Waals surface area contributed by atoms with E-state index in [1.165, 1.54) is 24.3 Å². The average molecular weight is 599 g/mol. The number of benzene rings is 3. The van der Waals surface area contributed by atoms with E-state index in [0.29, 0.717) is 61.1 Å². The predicted octanol–water partition coefficient (Wildman–Crippen LogP) is 5.84. The number of hydrogen-bond donors (Lipinski definition) is 2. The monoisotopic (exact) mass is 598 g/mol. The van der Waals surface area contributed by atoms with Gasteiger partial charge in [-0.25, -0.2) is 4.39 Å². The highest BCUT2D eigenvalue weighted by Crippen LogP contribution is 2.23. The smallest absolute Gasteiger partial charge is 0.251 e. The predicted molar refractivity (Wildman–Crippen MR) is 154 cm³/mol. The van der Waals surface area contributed by atoms with Gasteiger partial charge in [0.25, 0.3) is 5.91 Å². The van der Waals surface area contributed by atoms with Crippen LogP contribution >= 0.6 is 23.2 Å². The molecule has 4 aromatic rings. The molecule has 0 saturated heterocycles. The minimum Gasteiger partial charge on any atom is -0.493 e. The van der Waals surface area contributed by atoms with Crippen LogP contribution in [-0.4, -0.2) is 41.0 Å². The lowest BCUT2D eigenvalue weighted by atomic mass is 10.0. The quantitative estimate of drug-likeness (QED) is 0.138. The van der Waals surface area contributed by atoms with E-state index in [2.05, 4.69) is 15.5 Å². The van der Waals surface area contributed by atoms with E-state index in [1.54, 1.807) is 6.07 Å². The van der Waals surface area contributed by atoms with E-state index in [9.17, 15) is 14.0 Å². The van der Waals surface area contributed by atoms with Crippen LogP contribution in [0.2, 0.25) is 10.0 Å². The van der Waals surface area contributed by atoms with E-state index < -0.39 is 23.5 Å². The number of halogens is 3. The number of unbranched alkanes of at least 4 members (excludes halogenated alkanes) is 1. The molecule has 3 N–H and O–H groups in total. The Morgan fingerprint density at radius 3 is 2.41 bits per heavy atom. The van der Waals surface area contributed by atoms with E-state index in [4.69, 9.17) is 38.2 Å². The Labute approximate surface area is 247 Å². The third-order valence-electron chi connectivity index (χ3n) is 6.29. The SMILES string of the molecule is NCCCCC(NC(=O)c1ccc(F)cc1)C(=O)c1noc(Cc2ccc(OCCc3ccc(Cl)c(Cl)c3)cc2)n1. The first-order chi connectivity index (χ1) is 19.8. The molecular formula is C30H29Cl2FN4O4. The molecule has 3 aromatic carbocycles. The number of amides is 1. The van der Waals surface area contributed by atoms with Gasteiger partial charge in [0.2, 0.25) is 17.5 Å². The van der Waals surface area contributed by atoms with E-state index in [1.807, 2.05) is 36.4 Å². The maximum Gasteiger partial charge on any atom is 0.251 e. The highest BCUT2D eigenvalue weighted by Gasteiger charge is 2.26. The van der Waals surface area contributed by atoms with Crippen molar-refractivity contribution in [3.05, 3.63) is 111 Å². The minimum absolute atomic E-state index is 0.126. The number of ether oxygens (including phenoxy) is 1. The molecule has 1 heterocycles. The number of nitrogens with zero attached hydrogens (tertiary/aromatic N) is 2. The van der Waals surface area contributed by atoms with Crippen molar-refractivity contribution < 1.29 is 23.2 Å². The number of carbonyl (C=O) groups is 2. The number of rotatable bonds is 14. The van der Waals surface area contributed by atoms with Crippen LogP contribution in [-0.2, 0) is 12.8 Å². The summed E-state index contributed by atoms with van der Waals surface area (Å²) in [5.74, 6) is -0.602. The minimum atomic E-state index is -0.884. The van der Waals surface area contributed by atoms with Crippen molar-refractivity contribution in [3.63, 3.8) is 0 Å². The van der Waals surface area contributed by atoms with Gasteiger partial charge in [-0.3, -0.25) is 9.59 Å². The summed E-state index contributed by atoms with van der Waals surface area (Å²) in [5, 5.41) is 7.58. The fraction of sp³-hybridized carbons (Fsp3) is 0.267. The van der Waals surface area contributed by atoms with Crippen LogP contribution < -0.4 is 15.8 Å². The zero-order chi connectivity index (χ0) is 29.2. The summed E-state index contributed by atoms with van der Waals surface area (Å²) in [6.45, 7) is 0.927. The van der Waals surface area contributed by atoms with Crippen molar-refractivity contribution >= 4 is 34.9 Å². The molecule has 0 spiro atoms. The zero-order valence-corrected chi connectivity index (χ0v) is 23.6. The van der Waals surface area contributed by atoms with Crippen LogP contribution in [0.3, 0.4) is 0 Å². The van der Waals surface area contributed by atoms with Crippen molar-refractivity contribution in [1.29, 1.82) is 0 Å². The molecule has 4 rings (SSSR count). The summed E-state index contributed by atoms with van der Waals surface area (Å²) in [6, 6.07) is 17.1. The van der Waals surface area contributed by atoms with Crippen molar-refractivity contribution in [2.24, 2.45) is 5.73 Å². The van der Waals surface area contributed by atoms with Gasteiger partial charge in [0.15, 0.2) is 0 Å². The average Bonchev–Trinajstić information content (AvgIpc) is 3.44. The Balaban J connectivity index is 1.33. The summed E-state index contributed by atoms with van der Waals surface area (Å²) >= 11 is 12.0. The summed E-state index contributed by atoms with van der Waals surface area (Å²) in [5.41, 5.74) is 7.73. The van der Waals surface area contributed by atoms with Crippen molar-refractivity contribution in [1.82, 2.24) is 15.5 Å². The number of hydrogen-bond acceptors (Lipinski definition) is 7. The fourth-order valence-corrected chi connectivity index (χ4v) is 4.37. The number of aromatic nitrogens is 2.